The lowest BCUT2D eigenvalue weighted by molar-refractivity contribution is -0.133. The lowest BCUT2D eigenvalue weighted by Crippen LogP contribution is -1.96. The van der Waals surface area contributed by atoms with Crippen molar-refractivity contribution in [1.29, 1.82) is 0 Å². The summed E-state index contributed by atoms with van der Waals surface area (Å²) in [5, 5.41) is 8.17. The molecule has 0 rings (SSSR count). The fraction of sp³-hybridized carbons (Fsp3) is 0.667. The second-order valence-corrected chi connectivity index (χ2v) is 2.62. The van der Waals surface area contributed by atoms with Crippen molar-refractivity contribution in [1.82, 2.24) is 0 Å². The van der Waals surface area contributed by atoms with Crippen LogP contribution in [0.25, 0.3) is 0 Å². The molecule has 0 aromatic rings. The van der Waals surface area contributed by atoms with Crippen molar-refractivity contribution in [3.05, 3.63) is 5.75 Å². The van der Waals surface area contributed by atoms with Gasteiger partial charge in [0, 0.05) is 5.75 Å². The SMILES string of the molecule is CCC[CH]SCC(=O)O. The zero-order valence-corrected chi connectivity index (χ0v) is 6.28. The van der Waals surface area contributed by atoms with E-state index in [2.05, 4.69) is 6.92 Å². The number of thioether (sulfide) groups is 1. The maximum Gasteiger partial charge on any atom is 0.313 e. The average Bonchev–Trinajstić information content (AvgIpc) is 1.80. The van der Waals surface area contributed by atoms with Gasteiger partial charge in [-0.2, -0.15) is 0 Å². The van der Waals surface area contributed by atoms with Crippen molar-refractivity contribution < 1.29 is 9.90 Å². The quantitative estimate of drug-likeness (QED) is 0.602. The lowest BCUT2D eigenvalue weighted by atomic mass is 10.4. The topological polar surface area (TPSA) is 37.3 Å². The summed E-state index contributed by atoms with van der Waals surface area (Å²) >= 11 is 1.36. The molecule has 0 fully saturated rings. The van der Waals surface area contributed by atoms with E-state index in [0.717, 1.165) is 12.8 Å². The Hall–Kier alpha value is -0.180. The van der Waals surface area contributed by atoms with E-state index in [4.69, 9.17) is 5.11 Å². The number of carboxylic acids is 1. The third-order valence-electron chi connectivity index (χ3n) is 0.731. The van der Waals surface area contributed by atoms with E-state index >= 15 is 0 Å². The summed E-state index contributed by atoms with van der Waals surface area (Å²) in [5.74, 6) is 1.39. The van der Waals surface area contributed by atoms with Crippen LogP contribution in [0.2, 0.25) is 0 Å². The van der Waals surface area contributed by atoms with Crippen molar-refractivity contribution in [2.45, 2.75) is 19.8 Å². The molecular weight excluding hydrogens is 136 g/mol. The van der Waals surface area contributed by atoms with Gasteiger partial charge in [0.05, 0.1) is 5.75 Å². The van der Waals surface area contributed by atoms with Crippen LogP contribution in [0.4, 0.5) is 0 Å². The maximum atomic E-state index is 9.92. The molecule has 0 aliphatic carbocycles. The summed E-state index contributed by atoms with van der Waals surface area (Å²) in [7, 11) is 0. The van der Waals surface area contributed by atoms with Crippen LogP contribution in [0.15, 0.2) is 0 Å². The standard InChI is InChI=1S/C6H11O2S/c1-2-3-4-9-5-6(7)8/h4H,2-3,5H2,1H3,(H,7,8). The molecule has 0 unspecified atom stereocenters. The monoisotopic (exact) mass is 147 g/mol. The van der Waals surface area contributed by atoms with Gasteiger partial charge in [0.1, 0.15) is 0 Å². The molecule has 0 saturated heterocycles. The Kier molecular flexibility index (Phi) is 5.83. The summed E-state index contributed by atoms with van der Waals surface area (Å²) in [6.07, 6.45) is 2.09. The van der Waals surface area contributed by atoms with Crippen molar-refractivity contribution in [3.8, 4) is 0 Å². The highest BCUT2D eigenvalue weighted by atomic mass is 32.2. The van der Waals surface area contributed by atoms with E-state index in [0.29, 0.717) is 0 Å². The van der Waals surface area contributed by atoms with E-state index in [-0.39, 0.29) is 5.75 Å². The molecule has 53 valence electrons. The third-order valence-corrected chi connectivity index (χ3v) is 1.62. The molecule has 0 atom stereocenters. The molecule has 0 aliphatic rings. The number of hydrogen-bond donors (Lipinski definition) is 1. The summed E-state index contributed by atoms with van der Waals surface area (Å²) in [4.78, 5) is 9.92. The fourth-order valence-electron chi connectivity index (χ4n) is 0.331. The number of rotatable bonds is 5. The molecule has 0 amide bonds. The summed E-state index contributed by atoms with van der Waals surface area (Å²) in [5.41, 5.74) is 0. The number of aliphatic carboxylic acids is 1. The molecular formula is C6H11O2S. The van der Waals surface area contributed by atoms with Gasteiger partial charge in [-0.05, 0) is 6.42 Å². The van der Waals surface area contributed by atoms with Gasteiger partial charge < -0.3 is 5.11 Å². The van der Waals surface area contributed by atoms with Crippen molar-refractivity contribution >= 4 is 17.7 Å². The molecule has 2 nitrogen and oxygen atoms in total. The van der Waals surface area contributed by atoms with Gasteiger partial charge in [-0.25, -0.2) is 0 Å². The molecule has 0 aromatic heterocycles. The van der Waals surface area contributed by atoms with E-state index in [9.17, 15) is 4.79 Å². The Labute approximate surface area is 59.6 Å². The molecule has 0 aromatic carbocycles. The molecule has 0 heterocycles. The van der Waals surface area contributed by atoms with Crippen LogP contribution in [0.3, 0.4) is 0 Å². The van der Waals surface area contributed by atoms with Crippen molar-refractivity contribution in [3.63, 3.8) is 0 Å². The highest BCUT2D eigenvalue weighted by Gasteiger charge is 1.94. The zero-order chi connectivity index (χ0) is 7.11. The van der Waals surface area contributed by atoms with Gasteiger partial charge in [0.15, 0.2) is 0 Å². The zero-order valence-electron chi connectivity index (χ0n) is 5.46. The van der Waals surface area contributed by atoms with Crippen LogP contribution in [0.5, 0.6) is 0 Å². The summed E-state index contributed by atoms with van der Waals surface area (Å²) in [6, 6.07) is 0. The molecule has 1 radical (unpaired) electrons. The Morgan fingerprint density at radius 3 is 2.89 bits per heavy atom. The second-order valence-electron chi connectivity index (χ2n) is 1.66. The van der Waals surface area contributed by atoms with Crippen LogP contribution >= 0.6 is 11.8 Å². The molecule has 0 spiro atoms. The predicted molar refractivity (Wildman–Crippen MR) is 39.3 cm³/mol. The van der Waals surface area contributed by atoms with E-state index in [1.165, 1.54) is 11.8 Å². The van der Waals surface area contributed by atoms with E-state index in [1.807, 2.05) is 5.75 Å². The first-order valence-corrected chi connectivity index (χ1v) is 3.97. The van der Waals surface area contributed by atoms with Crippen LogP contribution in [-0.4, -0.2) is 16.8 Å². The van der Waals surface area contributed by atoms with Crippen molar-refractivity contribution in [2.24, 2.45) is 0 Å². The molecule has 9 heavy (non-hydrogen) atoms. The average molecular weight is 147 g/mol. The predicted octanol–water partition coefficient (Wildman–Crippen LogP) is 1.77. The van der Waals surface area contributed by atoms with Crippen LogP contribution < -0.4 is 0 Å². The molecule has 3 heteroatoms. The van der Waals surface area contributed by atoms with Gasteiger partial charge in [-0.1, -0.05) is 13.3 Å². The van der Waals surface area contributed by atoms with Gasteiger partial charge in [-0.15, -0.1) is 11.8 Å². The number of carboxylic acid groups (broad SMARTS) is 1. The Bertz CT molecular complexity index is 83.1. The van der Waals surface area contributed by atoms with Crippen LogP contribution in [0.1, 0.15) is 19.8 Å². The Morgan fingerprint density at radius 2 is 2.44 bits per heavy atom. The normalized spacial score (nSPS) is 9.44. The van der Waals surface area contributed by atoms with Gasteiger partial charge >= 0.3 is 5.97 Å². The minimum Gasteiger partial charge on any atom is -0.481 e. The number of hydrogen-bond acceptors (Lipinski definition) is 2. The first-order chi connectivity index (χ1) is 4.27. The van der Waals surface area contributed by atoms with Gasteiger partial charge in [-0.3, -0.25) is 4.79 Å². The number of carbonyl (C=O) groups is 1. The first-order valence-electron chi connectivity index (χ1n) is 2.92. The molecule has 0 saturated carbocycles. The minimum atomic E-state index is -0.743. The Morgan fingerprint density at radius 1 is 1.78 bits per heavy atom. The van der Waals surface area contributed by atoms with Crippen LogP contribution in [-0.2, 0) is 4.79 Å². The summed E-state index contributed by atoms with van der Waals surface area (Å²) < 4.78 is 0. The van der Waals surface area contributed by atoms with E-state index < -0.39 is 5.97 Å². The van der Waals surface area contributed by atoms with Gasteiger partial charge in [0.25, 0.3) is 0 Å². The van der Waals surface area contributed by atoms with Gasteiger partial charge in [0.2, 0.25) is 0 Å². The second kappa shape index (κ2) is 5.95. The Balaban J connectivity index is 2.83. The maximum absolute atomic E-state index is 9.92. The van der Waals surface area contributed by atoms with E-state index in [1.54, 1.807) is 0 Å². The highest BCUT2D eigenvalue weighted by molar-refractivity contribution is 8.01. The summed E-state index contributed by atoms with van der Waals surface area (Å²) in [6.45, 7) is 2.07. The lowest BCUT2D eigenvalue weighted by Gasteiger charge is -1.92. The molecule has 0 bridgehead atoms. The van der Waals surface area contributed by atoms with Crippen LogP contribution in [0, 0.1) is 5.75 Å². The smallest absolute Gasteiger partial charge is 0.313 e. The molecule has 1 N–H and O–H groups in total. The fourth-order valence-corrected chi connectivity index (χ4v) is 0.994. The molecule has 0 aliphatic heterocycles. The number of unbranched alkanes of at least 4 members (excludes halogenated alkanes) is 1. The minimum absolute atomic E-state index is 0.194. The first kappa shape index (κ1) is 8.82. The largest absolute Gasteiger partial charge is 0.481 e. The van der Waals surface area contributed by atoms with Crippen molar-refractivity contribution in [2.75, 3.05) is 5.75 Å². The third kappa shape index (κ3) is 7.82. The highest BCUT2D eigenvalue weighted by Crippen LogP contribution is 2.08.